The molecule has 53 heavy (non-hydrogen) atoms. The summed E-state index contributed by atoms with van der Waals surface area (Å²) in [5.41, 5.74) is 0. The lowest BCUT2D eigenvalue weighted by atomic mass is 10.0. The van der Waals surface area contributed by atoms with Crippen LogP contribution >= 0.6 is 0 Å². The number of rotatable bonds is 41. The largest absolute Gasteiger partial charge is 0.462 e. The van der Waals surface area contributed by atoms with Crippen molar-refractivity contribution in [2.24, 2.45) is 11.8 Å². The average molecular weight is 751 g/mol. The Hall–Kier alpha value is -1.59. The third-order valence-corrected chi connectivity index (χ3v) is 10.5. The van der Waals surface area contributed by atoms with Crippen LogP contribution < -0.4 is 0 Å². The molecule has 0 aliphatic rings. The fourth-order valence-electron chi connectivity index (χ4n) is 6.93. The summed E-state index contributed by atoms with van der Waals surface area (Å²) in [6.45, 7) is 11.2. The van der Waals surface area contributed by atoms with Gasteiger partial charge in [-0.05, 0) is 31.1 Å². The Kier molecular flexibility index (Phi) is 38.9. The smallest absolute Gasteiger partial charge is 0.306 e. The molecule has 314 valence electrons. The summed E-state index contributed by atoms with van der Waals surface area (Å²) in [4.78, 5) is 37.5. The minimum absolute atomic E-state index is 0.0662. The zero-order valence-electron chi connectivity index (χ0n) is 36.1. The number of unbranched alkanes of at least 4 members (excludes halogenated alkanes) is 26. The number of ether oxygens (including phenoxy) is 3. The molecule has 0 bridgehead atoms. The third kappa shape index (κ3) is 41.4. The van der Waals surface area contributed by atoms with Gasteiger partial charge in [-0.2, -0.15) is 0 Å². The Morgan fingerprint density at radius 3 is 0.925 bits per heavy atom. The molecule has 0 aromatic heterocycles. The highest BCUT2D eigenvalue weighted by atomic mass is 16.6. The van der Waals surface area contributed by atoms with Crippen molar-refractivity contribution < 1.29 is 28.6 Å². The van der Waals surface area contributed by atoms with E-state index < -0.39 is 6.10 Å². The topological polar surface area (TPSA) is 78.9 Å². The van der Waals surface area contributed by atoms with Gasteiger partial charge in [0.25, 0.3) is 0 Å². The second kappa shape index (κ2) is 40.1. The lowest BCUT2D eigenvalue weighted by molar-refractivity contribution is -0.167. The molecule has 0 saturated heterocycles. The fourth-order valence-corrected chi connectivity index (χ4v) is 6.93. The molecule has 0 aromatic rings. The van der Waals surface area contributed by atoms with Crippen molar-refractivity contribution >= 4 is 17.9 Å². The predicted octanol–water partition coefficient (Wildman–Crippen LogP) is 14.6. The van der Waals surface area contributed by atoms with Gasteiger partial charge in [-0.15, -0.1) is 0 Å². The van der Waals surface area contributed by atoms with Crippen molar-refractivity contribution in [2.45, 2.75) is 259 Å². The monoisotopic (exact) mass is 751 g/mol. The molecule has 0 fully saturated rings. The van der Waals surface area contributed by atoms with Crippen LogP contribution in [-0.2, 0) is 28.6 Å². The van der Waals surface area contributed by atoms with E-state index in [1.165, 1.54) is 135 Å². The SMILES string of the molecule is CCCCCCCC(=O)OC[C@@H](COC(=O)CCCCCCCCCCC(C)C)OC(=O)CCCCCCCCCCCCCCCCCCC(C)C. The van der Waals surface area contributed by atoms with E-state index in [4.69, 9.17) is 14.2 Å². The van der Waals surface area contributed by atoms with E-state index >= 15 is 0 Å². The molecule has 0 N–H and O–H groups in total. The Balaban J connectivity index is 4.13. The average Bonchev–Trinajstić information content (AvgIpc) is 3.12. The minimum atomic E-state index is -0.759. The van der Waals surface area contributed by atoms with Gasteiger partial charge < -0.3 is 14.2 Å². The van der Waals surface area contributed by atoms with E-state index in [1.54, 1.807) is 0 Å². The molecule has 6 nitrogen and oxygen atoms in total. The van der Waals surface area contributed by atoms with Gasteiger partial charge in [0.1, 0.15) is 13.2 Å². The van der Waals surface area contributed by atoms with Gasteiger partial charge in [0, 0.05) is 19.3 Å². The summed E-state index contributed by atoms with van der Waals surface area (Å²) in [5, 5.41) is 0. The van der Waals surface area contributed by atoms with E-state index in [9.17, 15) is 14.4 Å². The molecule has 0 spiro atoms. The Labute approximate surface area is 329 Å². The first-order chi connectivity index (χ1) is 25.7. The van der Waals surface area contributed by atoms with E-state index in [-0.39, 0.29) is 31.1 Å². The van der Waals surface area contributed by atoms with Crippen molar-refractivity contribution in [3.8, 4) is 0 Å². The van der Waals surface area contributed by atoms with Crippen molar-refractivity contribution in [3.63, 3.8) is 0 Å². The highest BCUT2D eigenvalue weighted by Crippen LogP contribution is 2.17. The molecule has 0 aliphatic carbocycles. The van der Waals surface area contributed by atoms with E-state index in [0.717, 1.165) is 76.0 Å². The molecule has 0 radical (unpaired) electrons. The molecular formula is C47H90O6. The molecule has 0 rings (SSSR count). The number of carbonyl (C=O) groups is 3. The number of hydrogen-bond acceptors (Lipinski definition) is 6. The zero-order chi connectivity index (χ0) is 39.0. The highest BCUT2D eigenvalue weighted by Gasteiger charge is 2.19. The van der Waals surface area contributed by atoms with Crippen molar-refractivity contribution in [2.75, 3.05) is 13.2 Å². The molecule has 1 atom stereocenters. The Morgan fingerprint density at radius 1 is 0.358 bits per heavy atom. The van der Waals surface area contributed by atoms with Crippen LogP contribution in [0.1, 0.15) is 253 Å². The van der Waals surface area contributed by atoms with Gasteiger partial charge in [-0.1, -0.05) is 214 Å². The molecule has 0 aromatic carbocycles. The summed E-state index contributed by atoms with van der Waals surface area (Å²) in [6.07, 6.45) is 38.4. The maximum atomic E-state index is 12.7. The number of esters is 3. The predicted molar refractivity (Wildman–Crippen MR) is 224 cm³/mol. The summed E-state index contributed by atoms with van der Waals surface area (Å²) >= 11 is 0. The highest BCUT2D eigenvalue weighted by molar-refractivity contribution is 5.71. The van der Waals surface area contributed by atoms with Crippen LogP contribution in [0.4, 0.5) is 0 Å². The first kappa shape index (κ1) is 51.4. The first-order valence-corrected chi connectivity index (χ1v) is 23.2. The minimum Gasteiger partial charge on any atom is -0.462 e. The van der Waals surface area contributed by atoms with Gasteiger partial charge in [-0.3, -0.25) is 14.4 Å². The Bertz CT molecular complexity index is 809. The fraction of sp³-hybridized carbons (Fsp3) is 0.936. The summed E-state index contributed by atoms with van der Waals surface area (Å²) < 4.78 is 16.6. The van der Waals surface area contributed by atoms with Gasteiger partial charge in [-0.25, -0.2) is 0 Å². The molecule has 0 aliphatic heterocycles. The quantitative estimate of drug-likeness (QED) is 0.0352. The number of hydrogen-bond donors (Lipinski definition) is 0. The van der Waals surface area contributed by atoms with E-state index in [0.29, 0.717) is 19.3 Å². The lowest BCUT2D eigenvalue weighted by Crippen LogP contribution is -2.30. The van der Waals surface area contributed by atoms with Crippen molar-refractivity contribution in [1.29, 1.82) is 0 Å². The van der Waals surface area contributed by atoms with Crippen LogP contribution in [0, 0.1) is 11.8 Å². The maximum absolute atomic E-state index is 12.7. The summed E-state index contributed by atoms with van der Waals surface area (Å²) in [5.74, 6) is 0.777. The second-order valence-electron chi connectivity index (χ2n) is 17.0. The molecule has 0 amide bonds. The standard InChI is InChI=1S/C47H90O6/c1-6-7-8-25-32-37-45(48)51-40-44(41-52-46(49)38-33-28-23-20-19-22-27-31-36-43(4)5)53-47(50)39-34-29-24-18-16-14-12-10-9-11-13-15-17-21-26-30-35-42(2)3/h42-44H,6-41H2,1-5H3/t44-/m0/s1. The van der Waals surface area contributed by atoms with Crippen LogP contribution in [0.2, 0.25) is 0 Å². The molecule has 0 heterocycles. The van der Waals surface area contributed by atoms with Gasteiger partial charge in [0.05, 0.1) is 0 Å². The van der Waals surface area contributed by atoms with Gasteiger partial charge in [0.15, 0.2) is 6.10 Å². The molecule has 0 saturated carbocycles. The van der Waals surface area contributed by atoms with E-state index in [1.807, 2.05) is 0 Å². The van der Waals surface area contributed by atoms with E-state index in [2.05, 4.69) is 34.6 Å². The summed E-state index contributed by atoms with van der Waals surface area (Å²) in [6, 6.07) is 0. The normalized spacial score (nSPS) is 12.1. The maximum Gasteiger partial charge on any atom is 0.306 e. The number of carbonyl (C=O) groups excluding carboxylic acids is 3. The molecular weight excluding hydrogens is 661 g/mol. The molecule has 6 heteroatoms. The lowest BCUT2D eigenvalue weighted by Gasteiger charge is -2.18. The first-order valence-electron chi connectivity index (χ1n) is 23.2. The zero-order valence-corrected chi connectivity index (χ0v) is 36.1. The Morgan fingerprint density at radius 2 is 0.623 bits per heavy atom. The van der Waals surface area contributed by atoms with Gasteiger partial charge >= 0.3 is 17.9 Å². The van der Waals surface area contributed by atoms with Crippen molar-refractivity contribution in [1.82, 2.24) is 0 Å². The second-order valence-corrected chi connectivity index (χ2v) is 17.0. The van der Waals surface area contributed by atoms with Crippen LogP contribution in [0.25, 0.3) is 0 Å². The van der Waals surface area contributed by atoms with Crippen LogP contribution in [-0.4, -0.2) is 37.2 Å². The van der Waals surface area contributed by atoms with Crippen LogP contribution in [0.15, 0.2) is 0 Å². The summed E-state index contributed by atoms with van der Waals surface area (Å²) in [7, 11) is 0. The van der Waals surface area contributed by atoms with Crippen LogP contribution in [0.5, 0.6) is 0 Å². The van der Waals surface area contributed by atoms with Crippen LogP contribution in [0.3, 0.4) is 0 Å². The van der Waals surface area contributed by atoms with Crippen molar-refractivity contribution in [3.05, 3.63) is 0 Å². The molecule has 0 unspecified atom stereocenters. The third-order valence-electron chi connectivity index (χ3n) is 10.5. The van der Waals surface area contributed by atoms with Gasteiger partial charge in [0.2, 0.25) is 0 Å².